The van der Waals surface area contributed by atoms with Crippen molar-refractivity contribution in [1.29, 1.82) is 0 Å². The normalized spacial score (nSPS) is 18.4. The lowest BCUT2D eigenvalue weighted by molar-refractivity contribution is -0.144. The van der Waals surface area contributed by atoms with Crippen molar-refractivity contribution in [3.8, 4) is 0 Å². The summed E-state index contributed by atoms with van der Waals surface area (Å²) < 4.78 is 13.7. The third kappa shape index (κ3) is 3.71. The van der Waals surface area contributed by atoms with Crippen LogP contribution in [0.1, 0.15) is 12.8 Å². The molecular formula is C14H16ClFN2O3. The van der Waals surface area contributed by atoms with Gasteiger partial charge in [0.1, 0.15) is 0 Å². The summed E-state index contributed by atoms with van der Waals surface area (Å²) >= 11 is 5.61. The lowest BCUT2D eigenvalue weighted by Gasteiger charge is -2.31. The molecule has 0 aliphatic carbocycles. The number of nitrogens with zero attached hydrogens (tertiary/aromatic N) is 1. The molecule has 114 valence electrons. The fourth-order valence-corrected chi connectivity index (χ4v) is 2.49. The van der Waals surface area contributed by atoms with Gasteiger partial charge in [0.15, 0.2) is 5.82 Å². The molecule has 2 amide bonds. The van der Waals surface area contributed by atoms with Gasteiger partial charge in [-0.3, -0.25) is 9.59 Å². The van der Waals surface area contributed by atoms with Crippen molar-refractivity contribution in [3.05, 3.63) is 29.0 Å². The standard InChI is InChI=1S/C14H16ClFN2O3/c15-10-4-1-5-11(12(10)16)17-13(20)14(21)18-6-2-3-9(7-18)8-19/h1,4-5,9,19H,2-3,6-8H2,(H,17,20). The quantitative estimate of drug-likeness (QED) is 0.816. The zero-order chi connectivity index (χ0) is 15.4. The molecule has 1 fully saturated rings. The molecule has 1 aliphatic rings. The second-order valence-electron chi connectivity index (χ2n) is 5.00. The van der Waals surface area contributed by atoms with Gasteiger partial charge in [0.05, 0.1) is 10.7 Å². The Morgan fingerprint density at radius 2 is 2.24 bits per heavy atom. The van der Waals surface area contributed by atoms with Gasteiger partial charge in [0, 0.05) is 19.7 Å². The molecule has 1 heterocycles. The molecular weight excluding hydrogens is 299 g/mol. The third-order valence-electron chi connectivity index (χ3n) is 3.46. The van der Waals surface area contributed by atoms with Gasteiger partial charge >= 0.3 is 11.8 Å². The SMILES string of the molecule is O=C(Nc1cccc(Cl)c1F)C(=O)N1CCCC(CO)C1. The maximum Gasteiger partial charge on any atom is 0.313 e. The van der Waals surface area contributed by atoms with Crippen LogP contribution in [0.5, 0.6) is 0 Å². The number of aliphatic hydroxyl groups excluding tert-OH is 1. The number of carbonyl (C=O) groups excluding carboxylic acids is 2. The number of hydrogen-bond acceptors (Lipinski definition) is 3. The molecule has 1 aromatic rings. The predicted octanol–water partition coefficient (Wildman–Crippen LogP) is 1.65. The molecule has 5 nitrogen and oxygen atoms in total. The number of benzene rings is 1. The Morgan fingerprint density at radius 3 is 2.95 bits per heavy atom. The Hall–Kier alpha value is -1.66. The van der Waals surface area contributed by atoms with Crippen molar-refractivity contribution < 1.29 is 19.1 Å². The number of halogens is 2. The number of anilines is 1. The second-order valence-corrected chi connectivity index (χ2v) is 5.40. The van der Waals surface area contributed by atoms with Gasteiger partial charge in [-0.15, -0.1) is 0 Å². The van der Waals surface area contributed by atoms with E-state index in [-0.39, 0.29) is 23.2 Å². The zero-order valence-electron chi connectivity index (χ0n) is 11.3. The fourth-order valence-electron chi connectivity index (χ4n) is 2.32. The van der Waals surface area contributed by atoms with Crippen LogP contribution in [-0.2, 0) is 9.59 Å². The van der Waals surface area contributed by atoms with Gasteiger partial charge in [-0.05, 0) is 30.9 Å². The van der Waals surface area contributed by atoms with Crippen molar-refractivity contribution >= 4 is 29.1 Å². The van der Waals surface area contributed by atoms with Gasteiger partial charge in [-0.2, -0.15) is 0 Å². The van der Waals surface area contributed by atoms with Crippen molar-refractivity contribution in [2.24, 2.45) is 5.92 Å². The topological polar surface area (TPSA) is 69.6 Å². The first-order chi connectivity index (χ1) is 10.0. The number of likely N-dealkylation sites (tertiary alicyclic amines) is 1. The van der Waals surface area contributed by atoms with Crippen molar-refractivity contribution in [2.75, 3.05) is 25.0 Å². The van der Waals surface area contributed by atoms with Gasteiger partial charge < -0.3 is 15.3 Å². The van der Waals surface area contributed by atoms with E-state index < -0.39 is 17.6 Å². The smallest absolute Gasteiger partial charge is 0.313 e. The summed E-state index contributed by atoms with van der Waals surface area (Å²) in [6.45, 7) is 0.774. The molecule has 0 bridgehead atoms. The number of hydrogen-bond donors (Lipinski definition) is 2. The number of piperidine rings is 1. The Labute approximate surface area is 126 Å². The maximum atomic E-state index is 13.7. The number of aliphatic hydroxyl groups is 1. The fraction of sp³-hybridized carbons (Fsp3) is 0.429. The van der Waals surface area contributed by atoms with Gasteiger partial charge in [0.2, 0.25) is 0 Å². The number of amides is 2. The van der Waals surface area contributed by atoms with Gasteiger partial charge in [0.25, 0.3) is 0 Å². The van der Waals surface area contributed by atoms with E-state index in [1.54, 1.807) is 0 Å². The molecule has 0 saturated carbocycles. The van der Waals surface area contributed by atoms with E-state index in [1.165, 1.54) is 23.1 Å². The molecule has 21 heavy (non-hydrogen) atoms. The van der Waals surface area contributed by atoms with Crippen LogP contribution in [0, 0.1) is 11.7 Å². The van der Waals surface area contributed by atoms with Gasteiger partial charge in [-0.1, -0.05) is 17.7 Å². The molecule has 2 rings (SSSR count). The van der Waals surface area contributed by atoms with Crippen molar-refractivity contribution in [2.45, 2.75) is 12.8 Å². The summed E-state index contributed by atoms with van der Waals surface area (Å²) in [5.74, 6) is -2.42. The van der Waals surface area contributed by atoms with E-state index in [0.29, 0.717) is 13.1 Å². The van der Waals surface area contributed by atoms with Crippen LogP contribution in [0.25, 0.3) is 0 Å². The van der Waals surface area contributed by atoms with E-state index in [9.17, 15) is 14.0 Å². The number of carbonyl (C=O) groups is 2. The van der Waals surface area contributed by atoms with Crippen LogP contribution < -0.4 is 5.32 Å². The molecule has 1 atom stereocenters. The molecule has 7 heteroatoms. The van der Waals surface area contributed by atoms with Crippen LogP contribution >= 0.6 is 11.6 Å². The van der Waals surface area contributed by atoms with E-state index in [0.717, 1.165) is 12.8 Å². The first-order valence-corrected chi connectivity index (χ1v) is 7.06. The highest BCUT2D eigenvalue weighted by molar-refractivity contribution is 6.39. The van der Waals surface area contributed by atoms with E-state index in [4.69, 9.17) is 16.7 Å². The highest BCUT2D eigenvalue weighted by atomic mass is 35.5. The van der Waals surface area contributed by atoms with Crippen LogP contribution in [-0.4, -0.2) is 41.5 Å². The van der Waals surface area contributed by atoms with E-state index in [2.05, 4.69) is 5.32 Å². The first kappa shape index (κ1) is 15.7. The summed E-state index contributed by atoms with van der Waals surface area (Å²) in [6, 6.07) is 4.16. The van der Waals surface area contributed by atoms with Crippen LogP contribution in [0.2, 0.25) is 5.02 Å². The largest absolute Gasteiger partial charge is 0.396 e. The van der Waals surface area contributed by atoms with Crippen LogP contribution in [0.3, 0.4) is 0 Å². The van der Waals surface area contributed by atoms with Crippen molar-refractivity contribution in [1.82, 2.24) is 4.90 Å². The summed E-state index contributed by atoms with van der Waals surface area (Å²) in [4.78, 5) is 25.3. The second kappa shape index (κ2) is 6.87. The minimum atomic E-state index is -0.908. The molecule has 1 aliphatic heterocycles. The van der Waals surface area contributed by atoms with Crippen molar-refractivity contribution in [3.63, 3.8) is 0 Å². The molecule has 1 saturated heterocycles. The molecule has 2 N–H and O–H groups in total. The Balaban J connectivity index is 2.02. The average molecular weight is 315 g/mol. The van der Waals surface area contributed by atoms with E-state index in [1.807, 2.05) is 0 Å². The Kier molecular flexibility index (Phi) is 5.14. The number of rotatable bonds is 2. The summed E-state index contributed by atoms with van der Waals surface area (Å²) in [5.41, 5.74) is -0.128. The minimum absolute atomic E-state index is 0.0154. The highest BCUT2D eigenvalue weighted by Gasteiger charge is 2.28. The Bertz CT molecular complexity index is 553. The molecule has 0 radical (unpaired) electrons. The summed E-state index contributed by atoms with van der Waals surface area (Å²) in [6.07, 6.45) is 1.56. The maximum absolute atomic E-state index is 13.7. The highest BCUT2D eigenvalue weighted by Crippen LogP contribution is 2.22. The van der Waals surface area contributed by atoms with Gasteiger partial charge in [-0.25, -0.2) is 4.39 Å². The van der Waals surface area contributed by atoms with Crippen LogP contribution in [0.4, 0.5) is 10.1 Å². The van der Waals surface area contributed by atoms with Crippen LogP contribution in [0.15, 0.2) is 18.2 Å². The molecule has 1 aromatic carbocycles. The predicted molar refractivity (Wildman–Crippen MR) is 76.4 cm³/mol. The molecule has 1 unspecified atom stereocenters. The first-order valence-electron chi connectivity index (χ1n) is 6.68. The lowest BCUT2D eigenvalue weighted by atomic mass is 9.99. The third-order valence-corrected chi connectivity index (χ3v) is 3.75. The molecule has 0 spiro atoms. The number of nitrogens with one attached hydrogen (secondary N) is 1. The Morgan fingerprint density at radius 1 is 1.48 bits per heavy atom. The monoisotopic (exact) mass is 314 g/mol. The summed E-state index contributed by atoms with van der Waals surface area (Å²) in [5, 5.41) is 11.2. The zero-order valence-corrected chi connectivity index (χ0v) is 12.1. The van der Waals surface area contributed by atoms with E-state index >= 15 is 0 Å². The average Bonchev–Trinajstić information content (AvgIpc) is 2.51. The minimum Gasteiger partial charge on any atom is -0.396 e. The molecule has 0 aromatic heterocycles. The lowest BCUT2D eigenvalue weighted by Crippen LogP contribution is -2.46. The summed E-state index contributed by atoms with van der Waals surface area (Å²) in [7, 11) is 0.